The Bertz CT molecular complexity index is 152. The smallest absolute Gasteiger partial charge is 0.0718 e. The van der Waals surface area contributed by atoms with Crippen molar-refractivity contribution in [3.8, 4) is 0 Å². The lowest BCUT2D eigenvalue weighted by Gasteiger charge is -2.41. The lowest BCUT2D eigenvalue weighted by atomic mass is 9.82. The van der Waals surface area contributed by atoms with Crippen LogP contribution in [0.4, 0.5) is 0 Å². The molecule has 0 amide bonds. The van der Waals surface area contributed by atoms with Crippen molar-refractivity contribution in [3.63, 3.8) is 0 Å². The summed E-state index contributed by atoms with van der Waals surface area (Å²) in [4.78, 5) is 0. The Hall–Kier alpha value is -0.120. The Morgan fingerprint density at radius 1 is 1.42 bits per heavy atom. The third-order valence-electron chi connectivity index (χ3n) is 2.39. The van der Waals surface area contributed by atoms with Gasteiger partial charge in [0.1, 0.15) is 0 Å². The zero-order chi connectivity index (χ0) is 9.24. The van der Waals surface area contributed by atoms with E-state index >= 15 is 0 Å². The van der Waals surface area contributed by atoms with E-state index in [1.54, 1.807) is 0 Å². The van der Waals surface area contributed by atoms with Crippen LogP contribution < -0.4 is 0 Å². The van der Waals surface area contributed by atoms with Gasteiger partial charge in [0.15, 0.2) is 0 Å². The van der Waals surface area contributed by atoms with Gasteiger partial charge in [-0.1, -0.05) is 0 Å². The first-order valence-electron chi connectivity index (χ1n) is 4.45. The van der Waals surface area contributed by atoms with Crippen molar-refractivity contribution in [2.24, 2.45) is 0 Å². The molecule has 1 fully saturated rings. The second kappa shape index (κ2) is 3.32. The van der Waals surface area contributed by atoms with Crippen molar-refractivity contribution in [2.75, 3.05) is 13.2 Å². The van der Waals surface area contributed by atoms with Crippen LogP contribution in [0.15, 0.2) is 0 Å². The third-order valence-corrected chi connectivity index (χ3v) is 2.39. The molecule has 0 radical (unpaired) electrons. The minimum atomic E-state index is -0.712. The van der Waals surface area contributed by atoms with Crippen molar-refractivity contribution in [1.29, 1.82) is 0 Å². The fourth-order valence-electron chi connectivity index (χ4n) is 1.87. The largest absolute Gasteiger partial charge is 0.396 e. The fraction of sp³-hybridized carbons (Fsp3) is 1.00. The molecule has 0 aromatic rings. The van der Waals surface area contributed by atoms with E-state index in [1.807, 2.05) is 13.8 Å². The van der Waals surface area contributed by atoms with E-state index < -0.39 is 5.60 Å². The molecule has 1 aliphatic rings. The maximum atomic E-state index is 9.97. The molecule has 72 valence electrons. The maximum Gasteiger partial charge on any atom is 0.0718 e. The van der Waals surface area contributed by atoms with E-state index in [2.05, 4.69) is 0 Å². The zero-order valence-electron chi connectivity index (χ0n) is 7.84. The zero-order valence-corrected chi connectivity index (χ0v) is 7.84. The van der Waals surface area contributed by atoms with Gasteiger partial charge in [-0.05, 0) is 26.7 Å². The van der Waals surface area contributed by atoms with Gasteiger partial charge < -0.3 is 14.9 Å². The minimum absolute atomic E-state index is 0.0482. The van der Waals surface area contributed by atoms with Crippen molar-refractivity contribution < 1.29 is 14.9 Å². The van der Waals surface area contributed by atoms with Crippen LogP contribution in [-0.4, -0.2) is 34.6 Å². The van der Waals surface area contributed by atoms with Crippen molar-refractivity contribution in [3.05, 3.63) is 0 Å². The standard InChI is InChI=1S/C9H18O3/c1-8(2)7-9(11,3-5-10)4-6-12-8/h10-11H,3-7H2,1-2H3. The molecule has 3 heteroatoms. The summed E-state index contributed by atoms with van der Waals surface area (Å²) in [7, 11) is 0. The highest BCUT2D eigenvalue weighted by Crippen LogP contribution is 2.33. The molecule has 1 atom stereocenters. The number of aliphatic hydroxyl groups excluding tert-OH is 1. The molecule has 0 spiro atoms. The summed E-state index contributed by atoms with van der Waals surface area (Å²) in [5.74, 6) is 0. The van der Waals surface area contributed by atoms with E-state index in [1.165, 1.54) is 0 Å². The fourth-order valence-corrected chi connectivity index (χ4v) is 1.87. The van der Waals surface area contributed by atoms with Crippen molar-refractivity contribution >= 4 is 0 Å². The molecule has 1 rings (SSSR count). The highest BCUT2D eigenvalue weighted by atomic mass is 16.5. The van der Waals surface area contributed by atoms with Crippen LogP contribution in [0.25, 0.3) is 0 Å². The molecule has 1 unspecified atom stereocenters. The molecule has 12 heavy (non-hydrogen) atoms. The van der Waals surface area contributed by atoms with Gasteiger partial charge in [0, 0.05) is 13.0 Å². The van der Waals surface area contributed by atoms with Crippen LogP contribution >= 0.6 is 0 Å². The monoisotopic (exact) mass is 174 g/mol. The van der Waals surface area contributed by atoms with Gasteiger partial charge in [0.2, 0.25) is 0 Å². The topological polar surface area (TPSA) is 49.7 Å². The van der Waals surface area contributed by atoms with Gasteiger partial charge in [0.25, 0.3) is 0 Å². The van der Waals surface area contributed by atoms with Crippen LogP contribution in [0.2, 0.25) is 0 Å². The average Bonchev–Trinajstić information content (AvgIpc) is 1.83. The SMILES string of the molecule is CC1(C)CC(O)(CCO)CCO1. The first-order valence-corrected chi connectivity index (χ1v) is 4.45. The summed E-state index contributed by atoms with van der Waals surface area (Å²) in [6, 6.07) is 0. The summed E-state index contributed by atoms with van der Waals surface area (Å²) >= 11 is 0. The Kier molecular flexibility index (Phi) is 2.76. The highest BCUT2D eigenvalue weighted by Gasteiger charge is 2.38. The molecule has 1 aliphatic heterocycles. The summed E-state index contributed by atoms with van der Waals surface area (Å²) in [6.07, 6.45) is 1.71. The maximum absolute atomic E-state index is 9.97. The van der Waals surface area contributed by atoms with Gasteiger partial charge in [-0.15, -0.1) is 0 Å². The van der Waals surface area contributed by atoms with E-state index in [4.69, 9.17) is 9.84 Å². The number of aliphatic hydroxyl groups is 2. The molecule has 0 aromatic carbocycles. The number of hydrogen-bond acceptors (Lipinski definition) is 3. The molecule has 1 heterocycles. The average molecular weight is 174 g/mol. The van der Waals surface area contributed by atoms with Crippen molar-refractivity contribution in [2.45, 2.75) is 44.3 Å². The Morgan fingerprint density at radius 2 is 2.08 bits per heavy atom. The van der Waals surface area contributed by atoms with E-state index in [0.29, 0.717) is 25.9 Å². The van der Waals surface area contributed by atoms with Gasteiger partial charge in [-0.3, -0.25) is 0 Å². The van der Waals surface area contributed by atoms with E-state index in [9.17, 15) is 5.11 Å². The van der Waals surface area contributed by atoms with Gasteiger partial charge in [-0.2, -0.15) is 0 Å². The number of rotatable bonds is 2. The van der Waals surface area contributed by atoms with Crippen LogP contribution in [0, 0.1) is 0 Å². The second-order valence-electron chi connectivity index (χ2n) is 4.23. The Labute approximate surface area is 73.4 Å². The van der Waals surface area contributed by atoms with E-state index in [0.717, 1.165) is 0 Å². The van der Waals surface area contributed by atoms with Crippen LogP contribution in [0.3, 0.4) is 0 Å². The Balaban J connectivity index is 2.55. The molecule has 0 aromatic heterocycles. The molecule has 0 saturated carbocycles. The predicted molar refractivity (Wildman–Crippen MR) is 45.9 cm³/mol. The lowest BCUT2D eigenvalue weighted by Crippen LogP contribution is -2.46. The van der Waals surface area contributed by atoms with E-state index in [-0.39, 0.29) is 12.2 Å². The predicted octanol–water partition coefficient (Wildman–Crippen LogP) is 0.689. The highest BCUT2D eigenvalue weighted by molar-refractivity contribution is 4.90. The van der Waals surface area contributed by atoms with Crippen LogP contribution in [0.1, 0.15) is 33.1 Å². The molecule has 1 saturated heterocycles. The Morgan fingerprint density at radius 3 is 2.58 bits per heavy atom. The summed E-state index contributed by atoms with van der Waals surface area (Å²) in [6.45, 7) is 4.57. The number of hydrogen-bond donors (Lipinski definition) is 2. The third kappa shape index (κ3) is 2.44. The summed E-state index contributed by atoms with van der Waals surface area (Å²) in [5.41, 5.74) is -0.960. The number of ether oxygens (including phenoxy) is 1. The van der Waals surface area contributed by atoms with Gasteiger partial charge >= 0.3 is 0 Å². The lowest BCUT2D eigenvalue weighted by molar-refractivity contribution is -0.149. The molecular formula is C9H18O3. The quantitative estimate of drug-likeness (QED) is 0.647. The molecule has 0 aliphatic carbocycles. The first kappa shape index (κ1) is 9.96. The first-order chi connectivity index (χ1) is 5.47. The normalized spacial score (nSPS) is 35.0. The van der Waals surface area contributed by atoms with Crippen molar-refractivity contribution in [1.82, 2.24) is 0 Å². The molecular weight excluding hydrogens is 156 g/mol. The summed E-state index contributed by atoms with van der Waals surface area (Å²) < 4.78 is 5.47. The molecule has 0 bridgehead atoms. The van der Waals surface area contributed by atoms with Crippen LogP contribution in [0.5, 0.6) is 0 Å². The molecule has 2 N–H and O–H groups in total. The minimum Gasteiger partial charge on any atom is -0.396 e. The van der Waals surface area contributed by atoms with Gasteiger partial charge in [-0.25, -0.2) is 0 Å². The van der Waals surface area contributed by atoms with Gasteiger partial charge in [0.05, 0.1) is 17.8 Å². The summed E-state index contributed by atoms with van der Waals surface area (Å²) in [5, 5.41) is 18.7. The second-order valence-corrected chi connectivity index (χ2v) is 4.23. The van der Waals surface area contributed by atoms with Crippen LogP contribution in [-0.2, 0) is 4.74 Å². The molecule has 3 nitrogen and oxygen atoms in total.